The second kappa shape index (κ2) is 8.15. The molecule has 1 aromatic carbocycles. The highest BCUT2D eigenvalue weighted by atomic mass is 19.1. The molecule has 7 nitrogen and oxygen atoms in total. The van der Waals surface area contributed by atoms with Crippen LogP contribution in [0.1, 0.15) is 52.0 Å². The number of pyridine rings is 1. The molecule has 32 heavy (non-hydrogen) atoms. The van der Waals surface area contributed by atoms with E-state index in [1.807, 2.05) is 0 Å². The molecule has 1 spiro atoms. The van der Waals surface area contributed by atoms with Gasteiger partial charge in [0.15, 0.2) is 0 Å². The van der Waals surface area contributed by atoms with E-state index in [0.717, 1.165) is 17.7 Å². The number of carbonyl (C=O) groups is 3. The number of hydrogen-bond acceptors (Lipinski definition) is 5. The predicted octanol–water partition coefficient (Wildman–Crippen LogP) is 3.94. The molecule has 0 unspecified atom stereocenters. The Kier molecular flexibility index (Phi) is 5.65. The summed E-state index contributed by atoms with van der Waals surface area (Å²) in [5.41, 5.74) is 0.182. The molecule has 3 amide bonds. The van der Waals surface area contributed by atoms with E-state index in [1.54, 1.807) is 12.1 Å². The summed E-state index contributed by atoms with van der Waals surface area (Å²) in [7, 11) is 0. The lowest BCUT2D eigenvalue weighted by Crippen LogP contribution is -2.50. The number of esters is 1. The summed E-state index contributed by atoms with van der Waals surface area (Å²) in [6, 6.07) is 5.47. The molecular weight excluding hydrogens is 413 g/mol. The number of benzene rings is 1. The Morgan fingerprint density at radius 1 is 1.25 bits per heavy atom. The van der Waals surface area contributed by atoms with Crippen LogP contribution in [0.4, 0.5) is 9.18 Å². The summed E-state index contributed by atoms with van der Waals surface area (Å²) in [6.45, 7) is 5.98. The Morgan fingerprint density at radius 2 is 1.97 bits per heavy atom. The molecule has 170 valence electrons. The Labute approximate surface area is 186 Å². The molecule has 2 aliphatic rings. The van der Waals surface area contributed by atoms with Gasteiger partial charge in [0.2, 0.25) is 0 Å². The molecule has 1 saturated carbocycles. The minimum atomic E-state index is -0.920. The maximum absolute atomic E-state index is 13.9. The minimum Gasteiger partial charge on any atom is -0.459 e. The van der Waals surface area contributed by atoms with Crippen LogP contribution >= 0.6 is 0 Å². The lowest BCUT2D eigenvalue weighted by molar-refractivity contribution is -0.149. The van der Waals surface area contributed by atoms with Crippen LogP contribution in [-0.4, -0.2) is 39.9 Å². The van der Waals surface area contributed by atoms with Crippen LogP contribution in [0.2, 0.25) is 0 Å². The van der Waals surface area contributed by atoms with Crippen LogP contribution in [0, 0.1) is 17.2 Å². The highest BCUT2D eigenvalue weighted by molar-refractivity contribution is 6.08. The van der Waals surface area contributed by atoms with Crippen LogP contribution in [0.3, 0.4) is 0 Å². The van der Waals surface area contributed by atoms with Gasteiger partial charge in [-0.3, -0.25) is 19.5 Å². The first-order chi connectivity index (χ1) is 15.1. The second-order valence-electron chi connectivity index (χ2n) is 9.81. The molecule has 1 aliphatic carbocycles. The van der Waals surface area contributed by atoms with Crippen molar-refractivity contribution in [3.63, 3.8) is 0 Å². The van der Waals surface area contributed by atoms with Gasteiger partial charge in [0.1, 0.15) is 24.5 Å². The van der Waals surface area contributed by atoms with Crippen LogP contribution in [-0.2, 0) is 20.9 Å². The van der Waals surface area contributed by atoms with Gasteiger partial charge in [0.05, 0.1) is 5.52 Å². The zero-order valence-electron chi connectivity index (χ0n) is 18.6. The van der Waals surface area contributed by atoms with E-state index in [-0.39, 0.29) is 17.9 Å². The Balaban J connectivity index is 1.39. The SMILES string of the molecule is CC(C)(C)C1CCC2(CC1)NC(=O)N(CC(=O)OCc1ccc(F)c3cccnc13)C2=O. The number of amides is 3. The van der Waals surface area contributed by atoms with E-state index in [4.69, 9.17) is 4.74 Å². The lowest BCUT2D eigenvalue weighted by Gasteiger charge is -2.40. The van der Waals surface area contributed by atoms with E-state index in [1.165, 1.54) is 18.3 Å². The number of imide groups is 1. The van der Waals surface area contributed by atoms with Crippen LogP contribution in [0.15, 0.2) is 30.5 Å². The van der Waals surface area contributed by atoms with E-state index < -0.39 is 29.9 Å². The summed E-state index contributed by atoms with van der Waals surface area (Å²) in [5, 5.41) is 3.16. The van der Waals surface area contributed by atoms with Crippen LogP contribution < -0.4 is 5.32 Å². The molecule has 2 aromatic rings. The average Bonchev–Trinajstić information content (AvgIpc) is 2.97. The first-order valence-corrected chi connectivity index (χ1v) is 10.9. The molecule has 0 atom stereocenters. The maximum atomic E-state index is 13.9. The average molecular weight is 442 g/mol. The van der Waals surface area contributed by atoms with E-state index >= 15 is 0 Å². The first kappa shape index (κ1) is 22.2. The topological polar surface area (TPSA) is 88.6 Å². The van der Waals surface area contributed by atoms with Crippen molar-refractivity contribution >= 4 is 28.8 Å². The largest absolute Gasteiger partial charge is 0.459 e. The number of fused-ring (bicyclic) bond motifs is 1. The molecule has 1 N–H and O–H groups in total. The van der Waals surface area contributed by atoms with Crippen LogP contribution in [0.5, 0.6) is 0 Å². The summed E-state index contributed by atoms with van der Waals surface area (Å²) in [5.74, 6) is -0.993. The smallest absolute Gasteiger partial charge is 0.326 e. The molecule has 1 aliphatic heterocycles. The maximum Gasteiger partial charge on any atom is 0.326 e. The van der Waals surface area contributed by atoms with Gasteiger partial charge in [-0.2, -0.15) is 0 Å². The van der Waals surface area contributed by atoms with Crippen molar-refractivity contribution in [2.75, 3.05) is 6.54 Å². The molecule has 8 heteroatoms. The quantitative estimate of drug-likeness (QED) is 0.573. The van der Waals surface area contributed by atoms with Gasteiger partial charge in [0, 0.05) is 17.1 Å². The summed E-state index contributed by atoms with van der Waals surface area (Å²) < 4.78 is 19.2. The van der Waals surface area contributed by atoms with Gasteiger partial charge in [-0.15, -0.1) is 0 Å². The number of aromatic nitrogens is 1. The fraction of sp³-hybridized carbons (Fsp3) is 0.500. The number of urea groups is 1. The molecule has 1 saturated heterocycles. The summed E-state index contributed by atoms with van der Waals surface area (Å²) in [4.78, 5) is 43.1. The van der Waals surface area contributed by atoms with Crippen LogP contribution in [0.25, 0.3) is 10.9 Å². The number of hydrogen-bond donors (Lipinski definition) is 1. The number of nitrogens with one attached hydrogen (secondary N) is 1. The lowest BCUT2D eigenvalue weighted by atomic mass is 9.67. The van der Waals surface area contributed by atoms with Gasteiger partial charge in [-0.05, 0) is 55.2 Å². The molecule has 4 rings (SSSR count). The highest BCUT2D eigenvalue weighted by Crippen LogP contribution is 2.43. The number of carbonyl (C=O) groups excluding carboxylic acids is 3. The molecular formula is C24H28FN3O4. The molecule has 0 bridgehead atoms. The van der Waals surface area contributed by atoms with Crippen molar-refractivity contribution in [2.24, 2.45) is 11.3 Å². The number of ether oxygens (including phenoxy) is 1. The zero-order valence-corrected chi connectivity index (χ0v) is 18.6. The fourth-order valence-corrected chi connectivity index (χ4v) is 4.78. The third-order valence-electron chi connectivity index (χ3n) is 6.79. The monoisotopic (exact) mass is 441 g/mol. The van der Waals surface area contributed by atoms with Gasteiger partial charge >= 0.3 is 12.0 Å². The second-order valence-corrected chi connectivity index (χ2v) is 9.81. The van der Waals surface area contributed by atoms with Gasteiger partial charge < -0.3 is 10.1 Å². The standard InChI is InChI=1S/C24H28FN3O4/c1-23(2,3)16-8-10-24(11-9-16)21(30)28(22(31)27-24)13-19(29)32-14-15-6-7-18(25)17-5-4-12-26-20(15)17/h4-7,12,16H,8-11,13-14H2,1-3H3,(H,27,31). The first-order valence-electron chi connectivity index (χ1n) is 10.9. The predicted molar refractivity (Wildman–Crippen MR) is 116 cm³/mol. The Morgan fingerprint density at radius 3 is 2.66 bits per heavy atom. The Hall–Kier alpha value is -3.03. The molecule has 1 aromatic heterocycles. The zero-order chi connectivity index (χ0) is 23.1. The third kappa shape index (κ3) is 4.06. The normalized spacial score (nSPS) is 23.6. The van der Waals surface area contributed by atoms with Crippen molar-refractivity contribution in [1.29, 1.82) is 0 Å². The van der Waals surface area contributed by atoms with Crippen molar-refractivity contribution in [1.82, 2.24) is 15.2 Å². The van der Waals surface area contributed by atoms with Crippen molar-refractivity contribution in [3.8, 4) is 0 Å². The van der Waals surface area contributed by atoms with E-state index in [2.05, 4.69) is 31.1 Å². The molecule has 0 radical (unpaired) electrons. The summed E-state index contributed by atoms with van der Waals surface area (Å²) in [6.07, 6.45) is 4.36. The van der Waals surface area contributed by atoms with E-state index in [0.29, 0.717) is 35.2 Å². The van der Waals surface area contributed by atoms with Crippen molar-refractivity contribution in [3.05, 3.63) is 41.8 Å². The fourth-order valence-electron chi connectivity index (χ4n) is 4.78. The number of halogens is 1. The van der Waals surface area contributed by atoms with Crippen molar-refractivity contribution < 1.29 is 23.5 Å². The van der Waals surface area contributed by atoms with E-state index in [9.17, 15) is 18.8 Å². The number of rotatable bonds is 4. The minimum absolute atomic E-state index is 0.130. The summed E-state index contributed by atoms with van der Waals surface area (Å²) >= 11 is 0. The molecule has 2 fully saturated rings. The number of nitrogens with zero attached hydrogens (tertiary/aromatic N) is 2. The molecule has 2 heterocycles. The van der Waals surface area contributed by atoms with Gasteiger partial charge in [0.25, 0.3) is 5.91 Å². The third-order valence-corrected chi connectivity index (χ3v) is 6.79. The highest BCUT2D eigenvalue weighted by Gasteiger charge is 2.53. The van der Waals surface area contributed by atoms with Gasteiger partial charge in [-0.1, -0.05) is 26.8 Å². The van der Waals surface area contributed by atoms with Gasteiger partial charge in [-0.25, -0.2) is 9.18 Å². The van der Waals surface area contributed by atoms with Crippen molar-refractivity contribution in [2.45, 2.75) is 58.6 Å². The Bertz CT molecular complexity index is 1070.